The first-order chi connectivity index (χ1) is 14.6. The number of benzene rings is 2. The highest BCUT2D eigenvalue weighted by molar-refractivity contribution is 7.08. The number of hydrogen-bond acceptors (Lipinski definition) is 6. The van der Waals surface area contributed by atoms with Crippen molar-refractivity contribution in [2.45, 2.75) is 0 Å². The van der Waals surface area contributed by atoms with Crippen LogP contribution in [-0.4, -0.2) is 23.6 Å². The molecule has 2 aromatic heterocycles. The lowest BCUT2D eigenvalue weighted by Gasteiger charge is -2.31. The molecular formula is C22H10N2O4S2. The lowest BCUT2D eigenvalue weighted by atomic mass is 9.86. The Kier molecular flexibility index (Phi) is 3.42. The van der Waals surface area contributed by atoms with Gasteiger partial charge in [-0.3, -0.25) is 19.2 Å². The second-order valence-electron chi connectivity index (χ2n) is 6.93. The van der Waals surface area contributed by atoms with Gasteiger partial charge in [0.25, 0.3) is 23.6 Å². The Bertz CT molecular complexity index is 1240. The molecular weight excluding hydrogens is 420 g/mol. The Balaban J connectivity index is 1.63. The monoisotopic (exact) mass is 430 g/mol. The average molecular weight is 430 g/mol. The number of thiophene rings is 2. The Labute approximate surface area is 177 Å². The van der Waals surface area contributed by atoms with Crippen LogP contribution in [0.3, 0.4) is 0 Å². The molecule has 0 unspecified atom stereocenters. The van der Waals surface area contributed by atoms with E-state index in [1.807, 2.05) is 0 Å². The van der Waals surface area contributed by atoms with Gasteiger partial charge < -0.3 is 0 Å². The van der Waals surface area contributed by atoms with E-state index in [-0.39, 0.29) is 0 Å². The SMILES string of the molecule is O=C1c2ccc3c4c(ccc(c24)C(=O)N1c1ccsc1)C(=O)N(c1ccsc1)C3=O. The third-order valence-corrected chi connectivity index (χ3v) is 6.76. The van der Waals surface area contributed by atoms with Gasteiger partial charge in [-0.1, -0.05) is 0 Å². The van der Waals surface area contributed by atoms with Gasteiger partial charge in [-0.15, -0.1) is 0 Å². The van der Waals surface area contributed by atoms with E-state index in [9.17, 15) is 19.2 Å². The molecule has 2 aliphatic rings. The molecule has 4 heterocycles. The molecule has 4 amide bonds. The van der Waals surface area contributed by atoms with Gasteiger partial charge in [-0.2, -0.15) is 22.7 Å². The molecule has 2 aromatic carbocycles. The van der Waals surface area contributed by atoms with Gasteiger partial charge in [0.15, 0.2) is 0 Å². The second kappa shape index (κ2) is 5.94. The van der Waals surface area contributed by atoms with Gasteiger partial charge in [0.2, 0.25) is 0 Å². The van der Waals surface area contributed by atoms with E-state index in [1.165, 1.54) is 22.7 Å². The second-order valence-corrected chi connectivity index (χ2v) is 8.49. The van der Waals surface area contributed by atoms with Crippen molar-refractivity contribution < 1.29 is 19.2 Å². The summed E-state index contributed by atoms with van der Waals surface area (Å²) in [6.07, 6.45) is 0. The first kappa shape index (κ1) is 17.3. The van der Waals surface area contributed by atoms with Crippen LogP contribution in [0.25, 0.3) is 10.8 Å². The van der Waals surface area contributed by atoms with Gasteiger partial charge in [-0.25, -0.2) is 9.80 Å². The van der Waals surface area contributed by atoms with E-state index in [1.54, 1.807) is 57.9 Å². The third-order valence-electron chi connectivity index (χ3n) is 5.42. The number of hydrogen-bond donors (Lipinski definition) is 0. The first-order valence-electron chi connectivity index (χ1n) is 8.99. The van der Waals surface area contributed by atoms with Gasteiger partial charge in [0.05, 0.1) is 11.4 Å². The lowest BCUT2D eigenvalue weighted by Crippen LogP contribution is -2.43. The van der Waals surface area contributed by atoms with E-state index in [0.717, 1.165) is 9.80 Å². The number of nitrogens with zero attached hydrogens (tertiary/aromatic N) is 2. The van der Waals surface area contributed by atoms with Gasteiger partial charge in [-0.05, 0) is 47.2 Å². The van der Waals surface area contributed by atoms with E-state index in [2.05, 4.69) is 0 Å². The molecule has 0 aliphatic carbocycles. The fourth-order valence-corrected chi connectivity index (χ4v) is 5.35. The van der Waals surface area contributed by atoms with Gasteiger partial charge in [0.1, 0.15) is 0 Å². The normalized spacial score (nSPS) is 15.5. The lowest BCUT2D eigenvalue weighted by molar-refractivity contribution is 0.0873. The largest absolute Gasteiger partial charge is 0.268 e. The zero-order valence-corrected chi connectivity index (χ0v) is 16.8. The number of carbonyl (C=O) groups excluding carboxylic acids is 4. The number of carbonyl (C=O) groups is 4. The molecule has 144 valence electrons. The van der Waals surface area contributed by atoms with Gasteiger partial charge >= 0.3 is 0 Å². The minimum atomic E-state index is -0.463. The number of rotatable bonds is 2. The van der Waals surface area contributed by atoms with Crippen molar-refractivity contribution in [1.29, 1.82) is 0 Å². The summed E-state index contributed by atoms with van der Waals surface area (Å²) in [5.74, 6) is -1.85. The molecule has 4 aromatic rings. The predicted octanol–water partition coefficient (Wildman–Crippen LogP) is 4.56. The quantitative estimate of drug-likeness (QED) is 0.437. The highest BCUT2D eigenvalue weighted by Gasteiger charge is 2.40. The molecule has 6 rings (SSSR count). The summed E-state index contributed by atoms with van der Waals surface area (Å²) < 4.78 is 0. The summed E-state index contributed by atoms with van der Waals surface area (Å²) in [5.41, 5.74) is 2.23. The van der Waals surface area contributed by atoms with Crippen LogP contribution < -0.4 is 9.80 Å². The summed E-state index contributed by atoms with van der Waals surface area (Å²) in [5, 5.41) is 7.80. The average Bonchev–Trinajstić information content (AvgIpc) is 3.45. The van der Waals surface area contributed by atoms with E-state index in [4.69, 9.17) is 0 Å². The van der Waals surface area contributed by atoms with E-state index >= 15 is 0 Å². The van der Waals surface area contributed by atoms with Crippen molar-refractivity contribution in [3.63, 3.8) is 0 Å². The van der Waals surface area contributed by atoms with Crippen LogP contribution in [0.2, 0.25) is 0 Å². The van der Waals surface area contributed by atoms with Crippen molar-refractivity contribution in [2.75, 3.05) is 9.80 Å². The van der Waals surface area contributed by atoms with Crippen molar-refractivity contribution in [2.24, 2.45) is 0 Å². The molecule has 0 atom stereocenters. The van der Waals surface area contributed by atoms with Gasteiger partial charge in [0, 0.05) is 43.8 Å². The van der Waals surface area contributed by atoms with Crippen molar-refractivity contribution >= 4 is 68.4 Å². The zero-order chi connectivity index (χ0) is 20.6. The van der Waals surface area contributed by atoms with Crippen LogP contribution in [0.5, 0.6) is 0 Å². The van der Waals surface area contributed by atoms with Crippen LogP contribution in [0.1, 0.15) is 41.4 Å². The Morgan fingerprint density at radius 2 is 0.833 bits per heavy atom. The molecule has 6 nitrogen and oxygen atoms in total. The Morgan fingerprint density at radius 3 is 1.10 bits per heavy atom. The van der Waals surface area contributed by atoms with Crippen molar-refractivity contribution in [3.05, 3.63) is 80.2 Å². The molecule has 8 heteroatoms. The number of imide groups is 2. The fraction of sp³-hybridized carbons (Fsp3) is 0. The summed E-state index contributed by atoms with van der Waals surface area (Å²) in [4.78, 5) is 55.0. The van der Waals surface area contributed by atoms with E-state index in [0.29, 0.717) is 44.4 Å². The predicted molar refractivity (Wildman–Crippen MR) is 115 cm³/mol. The van der Waals surface area contributed by atoms with Crippen LogP contribution in [0.4, 0.5) is 11.4 Å². The molecule has 0 N–H and O–H groups in total. The summed E-state index contributed by atoms with van der Waals surface area (Å²) in [6.45, 7) is 0. The number of anilines is 2. The summed E-state index contributed by atoms with van der Waals surface area (Å²) >= 11 is 2.78. The standard InChI is InChI=1S/C22H10N2O4S2/c25-19-13-1-2-14-18-16(22(28)24(20(14)26)12-6-8-30-10-12)4-3-15(17(13)18)21(27)23(19)11-5-7-29-9-11/h1-10H. The van der Waals surface area contributed by atoms with Crippen molar-refractivity contribution in [1.82, 2.24) is 0 Å². The molecule has 0 fully saturated rings. The zero-order valence-electron chi connectivity index (χ0n) is 15.1. The smallest absolute Gasteiger partial charge is 0.266 e. The maximum Gasteiger partial charge on any atom is 0.266 e. The highest BCUT2D eigenvalue weighted by atomic mass is 32.1. The topological polar surface area (TPSA) is 74.8 Å². The molecule has 0 radical (unpaired) electrons. The molecule has 0 bridgehead atoms. The van der Waals surface area contributed by atoms with Crippen LogP contribution in [0, 0.1) is 0 Å². The van der Waals surface area contributed by atoms with Crippen molar-refractivity contribution in [3.8, 4) is 0 Å². The van der Waals surface area contributed by atoms with Crippen LogP contribution in [-0.2, 0) is 0 Å². The minimum absolute atomic E-state index is 0.306. The molecule has 0 saturated carbocycles. The molecule has 30 heavy (non-hydrogen) atoms. The first-order valence-corrected chi connectivity index (χ1v) is 10.9. The molecule has 0 spiro atoms. The highest BCUT2D eigenvalue weighted by Crippen LogP contribution is 2.40. The Morgan fingerprint density at radius 1 is 0.500 bits per heavy atom. The Hall–Kier alpha value is -3.62. The number of amides is 4. The molecule has 2 aliphatic heterocycles. The third kappa shape index (κ3) is 2.06. The molecule has 0 saturated heterocycles. The van der Waals surface area contributed by atoms with Crippen LogP contribution in [0.15, 0.2) is 57.9 Å². The van der Waals surface area contributed by atoms with Crippen LogP contribution >= 0.6 is 22.7 Å². The van der Waals surface area contributed by atoms with E-state index < -0.39 is 23.6 Å². The maximum absolute atomic E-state index is 13.2. The fourth-order valence-electron chi connectivity index (χ4n) is 4.11. The minimum Gasteiger partial charge on any atom is -0.268 e. The summed E-state index contributed by atoms with van der Waals surface area (Å²) in [6, 6.07) is 9.69. The summed E-state index contributed by atoms with van der Waals surface area (Å²) in [7, 11) is 0. The maximum atomic E-state index is 13.2.